The maximum Gasteiger partial charge on any atom is 0.317 e. The minimum Gasteiger partial charge on any atom is -0.338 e. The van der Waals surface area contributed by atoms with Crippen LogP contribution in [0, 0.1) is 6.92 Å². The highest BCUT2D eigenvalue weighted by molar-refractivity contribution is 5.75. The summed E-state index contributed by atoms with van der Waals surface area (Å²) >= 11 is 0. The Bertz CT molecular complexity index is 674. The van der Waals surface area contributed by atoms with E-state index in [4.69, 9.17) is 4.52 Å². The summed E-state index contributed by atoms with van der Waals surface area (Å²) in [6, 6.07) is -0.0559. The lowest BCUT2D eigenvalue weighted by atomic mass is 10.1. The van der Waals surface area contributed by atoms with E-state index in [0.29, 0.717) is 37.0 Å². The van der Waals surface area contributed by atoms with Crippen LogP contribution in [0.4, 0.5) is 4.79 Å². The molecule has 2 amide bonds. The molecule has 2 aromatic heterocycles. The van der Waals surface area contributed by atoms with Crippen molar-refractivity contribution < 1.29 is 9.32 Å². The smallest absolute Gasteiger partial charge is 0.317 e. The van der Waals surface area contributed by atoms with Gasteiger partial charge in [0.05, 0.1) is 6.54 Å². The SMILES string of the molecule is CCNC(=O)N1CCc2c(c(-c3nc(C)no3)nn2C)C1. The number of fused-ring (bicyclic) bond motifs is 1. The third-order valence-corrected chi connectivity index (χ3v) is 3.59. The van der Waals surface area contributed by atoms with Crippen LogP contribution in [0.25, 0.3) is 11.6 Å². The fraction of sp³-hybridized carbons (Fsp3) is 0.538. The molecule has 3 heterocycles. The van der Waals surface area contributed by atoms with E-state index in [2.05, 4.69) is 20.6 Å². The second-order valence-corrected chi connectivity index (χ2v) is 5.05. The van der Waals surface area contributed by atoms with Crippen LogP contribution in [0.3, 0.4) is 0 Å². The topological polar surface area (TPSA) is 89.1 Å². The number of aryl methyl sites for hydroxylation is 2. The lowest BCUT2D eigenvalue weighted by Gasteiger charge is -2.27. The first-order chi connectivity index (χ1) is 10.1. The Morgan fingerprint density at radius 3 is 2.95 bits per heavy atom. The van der Waals surface area contributed by atoms with Gasteiger partial charge >= 0.3 is 6.03 Å². The molecule has 8 nitrogen and oxygen atoms in total. The van der Waals surface area contributed by atoms with Crippen molar-refractivity contribution in [1.29, 1.82) is 0 Å². The Hall–Kier alpha value is -2.38. The predicted octanol–water partition coefficient (Wildman–Crippen LogP) is 0.866. The summed E-state index contributed by atoms with van der Waals surface area (Å²) in [6.45, 7) is 5.48. The third kappa shape index (κ3) is 2.37. The van der Waals surface area contributed by atoms with E-state index >= 15 is 0 Å². The summed E-state index contributed by atoms with van der Waals surface area (Å²) in [5.41, 5.74) is 2.77. The summed E-state index contributed by atoms with van der Waals surface area (Å²) in [6.07, 6.45) is 0.767. The molecule has 0 unspecified atom stereocenters. The zero-order valence-corrected chi connectivity index (χ0v) is 12.4. The number of urea groups is 1. The average molecular weight is 290 g/mol. The molecule has 0 aromatic carbocycles. The molecule has 0 fully saturated rings. The van der Waals surface area contributed by atoms with Crippen molar-refractivity contribution in [3.05, 3.63) is 17.1 Å². The van der Waals surface area contributed by atoms with E-state index in [9.17, 15) is 4.79 Å². The molecule has 1 aliphatic heterocycles. The van der Waals surface area contributed by atoms with Crippen molar-refractivity contribution in [1.82, 2.24) is 30.1 Å². The molecular weight excluding hydrogens is 272 g/mol. The van der Waals surface area contributed by atoms with E-state index in [1.807, 2.05) is 18.7 Å². The molecule has 21 heavy (non-hydrogen) atoms. The number of hydrogen-bond acceptors (Lipinski definition) is 5. The summed E-state index contributed by atoms with van der Waals surface area (Å²) in [5, 5.41) is 11.1. The molecule has 8 heteroatoms. The highest BCUT2D eigenvalue weighted by Crippen LogP contribution is 2.28. The maximum atomic E-state index is 12.0. The molecule has 0 saturated heterocycles. The Morgan fingerprint density at radius 2 is 2.29 bits per heavy atom. The molecule has 1 N–H and O–H groups in total. The van der Waals surface area contributed by atoms with Gasteiger partial charge in [0.15, 0.2) is 11.5 Å². The van der Waals surface area contributed by atoms with Crippen molar-refractivity contribution in [2.45, 2.75) is 26.8 Å². The van der Waals surface area contributed by atoms with Crippen molar-refractivity contribution in [3.63, 3.8) is 0 Å². The maximum absolute atomic E-state index is 12.0. The van der Waals surface area contributed by atoms with Gasteiger partial charge in [0.2, 0.25) is 0 Å². The molecule has 0 atom stereocenters. The Kier molecular flexibility index (Phi) is 3.36. The first-order valence-electron chi connectivity index (χ1n) is 6.98. The summed E-state index contributed by atoms with van der Waals surface area (Å²) in [7, 11) is 1.90. The van der Waals surface area contributed by atoms with Gasteiger partial charge in [-0.25, -0.2) is 4.79 Å². The van der Waals surface area contributed by atoms with E-state index in [0.717, 1.165) is 17.7 Å². The molecule has 0 bridgehead atoms. The van der Waals surface area contributed by atoms with Gasteiger partial charge in [-0.15, -0.1) is 0 Å². The zero-order chi connectivity index (χ0) is 15.0. The standard InChI is InChI=1S/C13H18N6O2/c1-4-14-13(20)19-6-5-10-9(7-19)11(16-18(10)3)12-15-8(2)17-21-12/h4-7H2,1-3H3,(H,14,20). The Balaban J connectivity index is 1.94. The first kappa shape index (κ1) is 13.6. The van der Waals surface area contributed by atoms with Crippen LogP contribution in [0.5, 0.6) is 0 Å². The first-order valence-corrected chi connectivity index (χ1v) is 6.98. The van der Waals surface area contributed by atoms with Gasteiger partial charge in [0.25, 0.3) is 5.89 Å². The highest BCUT2D eigenvalue weighted by Gasteiger charge is 2.28. The van der Waals surface area contributed by atoms with Gasteiger partial charge in [-0.2, -0.15) is 10.1 Å². The minimum atomic E-state index is -0.0559. The van der Waals surface area contributed by atoms with Crippen molar-refractivity contribution in [3.8, 4) is 11.6 Å². The van der Waals surface area contributed by atoms with E-state index in [1.165, 1.54) is 0 Å². The van der Waals surface area contributed by atoms with Crippen LogP contribution in [0.1, 0.15) is 24.0 Å². The van der Waals surface area contributed by atoms with E-state index < -0.39 is 0 Å². The lowest BCUT2D eigenvalue weighted by molar-refractivity contribution is 0.192. The molecule has 1 aliphatic rings. The van der Waals surface area contributed by atoms with Crippen molar-refractivity contribution >= 4 is 6.03 Å². The predicted molar refractivity (Wildman–Crippen MR) is 74.4 cm³/mol. The molecule has 0 aliphatic carbocycles. The largest absolute Gasteiger partial charge is 0.338 e. The normalized spacial score (nSPS) is 14.1. The summed E-state index contributed by atoms with van der Waals surface area (Å²) in [4.78, 5) is 18.0. The van der Waals surface area contributed by atoms with Gasteiger partial charge in [-0.3, -0.25) is 4.68 Å². The van der Waals surface area contributed by atoms with Crippen molar-refractivity contribution in [2.24, 2.45) is 7.05 Å². The minimum absolute atomic E-state index is 0.0559. The molecule has 3 rings (SSSR count). The fourth-order valence-electron chi connectivity index (χ4n) is 2.59. The third-order valence-electron chi connectivity index (χ3n) is 3.59. The second-order valence-electron chi connectivity index (χ2n) is 5.05. The second kappa shape index (κ2) is 5.19. The molecule has 0 saturated carbocycles. The molecular formula is C13H18N6O2. The summed E-state index contributed by atoms with van der Waals surface area (Å²) in [5.74, 6) is 0.975. The molecule has 112 valence electrons. The average Bonchev–Trinajstić information content (AvgIpc) is 3.03. The number of rotatable bonds is 2. The quantitative estimate of drug-likeness (QED) is 0.886. The number of hydrogen-bond donors (Lipinski definition) is 1. The van der Waals surface area contributed by atoms with E-state index in [-0.39, 0.29) is 6.03 Å². The Morgan fingerprint density at radius 1 is 1.48 bits per heavy atom. The van der Waals surface area contributed by atoms with Crippen LogP contribution in [-0.4, -0.2) is 43.9 Å². The number of nitrogens with zero attached hydrogens (tertiary/aromatic N) is 5. The molecule has 0 radical (unpaired) electrons. The van der Waals surface area contributed by atoms with Crippen LogP contribution >= 0.6 is 0 Å². The fourth-order valence-corrected chi connectivity index (χ4v) is 2.59. The van der Waals surface area contributed by atoms with Crippen molar-refractivity contribution in [2.75, 3.05) is 13.1 Å². The number of carbonyl (C=O) groups excluding carboxylic acids is 1. The van der Waals surface area contributed by atoms with Crippen LogP contribution in [0.2, 0.25) is 0 Å². The lowest BCUT2D eigenvalue weighted by Crippen LogP contribution is -2.42. The van der Waals surface area contributed by atoms with Gasteiger partial charge in [0.1, 0.15) is 0 Å². The van der Waals surface area contributed by atoms with E-state index in [1.54, 1.807) is 11.8 Å². The van der Waals surface area contributed by atoms with Gasteiger partial charge in [0, 0.05) is 37.8 Å². The number of amides is 2. The highest BCUT2D eigenvalue weighted by atomic mass is 16.5. The zero-order valence-electron chi connectivity index (χ0n) is 12.4. The molecule has 0 spiro atoms. The molecule has 2 aromatic rings. The Labute approximate surface area is 122 Å². The number of nitrogens with one attached hydrogen (secondary N) is 1. The number of aromatic nitrogens is 4. The van der Waals surface area contributed by atoms with Crippen LogP contribution in [-0.2, 0) is 20.0 Å². The van der Waals surface area contributed by atoms with Crippen LogP contribution < -0.4 is 5.32 Å². The monoisotopic (exact) mass is 290 g/mol. The van der Waals surface area contributed by atoms with Gasteiger partial charge < -0.3 is 14.7 Å². The van der Waals surface area contributed by atoms with Gasteiger partial charge in [-0.1, -0.05) is 5.16 Å². The summed E-state index contributed by atoms with van der Waals surface area (Å²) < 4.78 is 7.05. The van der Waals surface area contributed by atoms with Gasteiger partial charge in [-0.05, 0) is 13.8 Å². The van der Waals surface area contributed by atoms with Crippen LogP contribution in [0.15, 0.2) is 4.52 Å². The number of carbonyl (C=O) groups is 1.